The van der Waals surface area contributed by atoms with Gasteiger partial charge in [-0.25, -0.2) is 5.01 Å². The molecule has 0 amide bonds. The number of nitrogens with two attached hydrogens (primary N) is 1. The van der Waals surface area contributed by atoms with E-state index in [1.165, 1.54) is 18.2 Å². The van der Waals surface area contributed by atoms with Gasteiger partial charge in [-0.1, -0.05) is 18.2 Å². The van der Waals surface area contributed by atoms with Gasteiger partial charge in [0.1, 0.15) is 5.82 Å². The van der Waals surface area contributed by atoms with E-state index in [2.05, 4.69) is 0 Å². The fraction of sp³-hybridized carbons (Fsp3) is 0.429. The third kappa shape index (κ3) is 3.36. The average Bonchev–Trinajstić information content (AvgIpc) is 2.73. The van der Waals surface area contributed by atoms with Crippen LogP contribution in [0.1, 0.15) is 36.3 Å². The molecule has 0 aromatic heterocycles. The van der Waals surface area contributed by atoms with Crippen molar-refractivity contribution in [2.45, 2.75) is 31.4 Å². The molecule has 6 nitrogen and oxygen atoms in total. The Balaban J connectivity index is 1.94. The van der Waals surface area contributed by atoms with Crippen molar-refractivity contribution in [3.63, 3.8) is 0 Å². The molecule has 9 heteroatoms. The Hall–Kier alpha value is -2.83. The Bertz CT molecular complexity index is 971. The number of ketones is 1. The second kappa shape index (κ2) is 7.78. The molecule has 1 fully saturated rings. The number of halogens is 3. The molecule has 2 aliphatic heterocycles. The van der Waals surface area contributed by atoms with Crippen molar-refractivity contribution in [1.82, 2.24) is 10.0 Å². The zero-order chi connectivity index (χ0) is 21.5. The number of nitrogens with zero attached hydrogens (tertiary/aromatic N) is 3. The molecule has 1 aliphatic carbocycles. The average molecular weight is 418 g/mol. The van der Waals surface area contributed by atoms with Gasteiger partial charge in [-0.2, -0.15) is 18.4 Å². The number of benzene rings is 1. The van der Waals surface area contributed by atoms with E-state index in [9.17, 15) is 23.2 Å². The number of carbonyl (C=O) groups excluding carboxylic acids is 1. The summed E-state index contributed by atoms with van der Waals surface area (Å²) in [6, 6.07) is 7.09. The summed E-state index contributed by atoms with van der Waals surface area (Å²) in [5.41, 5.74) is 6.20. The fourth-order valence-electron chi connectivity index (χ4n) is 4.46. The standard InChI is InChI=1S/C21H21F3N4O2/c22-21(23,24)15-5-2-1-4-13(15)18-14(12-25)20(26)28(27-8-10-30-11-9-27)16-6-3-7-17(29)19(16)18/h1-2,4-5,18H,3,6-11,26H2/t18-/m0/s1. The number of hydrogen-bond acceptors (Lipinski definition) is 6. The van der Waals surface area contributed by atoms with Crippen molar-refractivity contribution in [3.05, 3.63) is 58.1 Å². The molecule has 2 N–H and O–H groups in total. The molecule has 3 aliphatic rings. The van der Waals surface area contributed by atoms with Crippen LogP contribution in [-0.2, 0) is 15.7 Å². The van der Waals surface area contributed by atoms with E-state index in [1.807, 2.05) is 11.1 Å². The van der Waals surface area contributed by atoms with E-state index in [-0.39, 0.29) is 34.7 Å². The van der Waals surface area contributed by atoms with Gasteiger partial charge in [-0.15, -0.1) is 0 Å². The molecular weight excluding hydrogens is 397 g/mol. The first-order valence-corrected chi connectivity index (χ1v) is 9.79. The molecule has 1 aromatic carbocycles. The summed E-state index contributed by atoms with van der Waals surface area (Å²) in [6.45, 7) is 1.94. The lowest BCUT2D eigenvalue weighted by Gasteiger charge is -2.46. The molecule has 0 spiro atoms. The van der Waals surface area contributed by atoms with Gasteiger partial charge in [0.05, 0.1) is 36.3 Å². The Labute approximate surface area is 172 Å². The second-order valence-electron chi connectivity index (χ2n) is 7.44. The highest BCUT2D eigenvalue weighted by atomic mass is 19.4. The van der Waals surface area contributed by atoms with Gasteiger partial charge >= 0.3 is 6.18 Å². The Morgan fingerprint density at radius 2 is 1.87 bits per heavy atom. The summed E-state index contributed by atoms with van der Waals surface area (Å²) in [5, 5.41) is 13.5. The largest absolute Gasteiger partial charge is 0.416 e. The Morgan fingerprint density at radius 1 is 1.17 bits per heavy atom. The van der Waals surface area contributed by atoms with Crippen LogP contribution < -0.4 is 5.73 Å². The predicted molar refractivity (Wildman–Crippen MR) is 101 cm³/mol. The zero-order valence-corrected chi connectivity index (χ0v) is 16.2. The van der Waals surface area contributed by atoms with Crippen LogP contribution in [0, 0.1) is 11.3 Å². The summed E-state index contributed by atoms with van der Waals surface area (Å²) in [6.07, 6.45) is -3.30. The van der Waals surface area contributed by atoms with Crippen LogP contribution in [0.25, 0.3) is 0 Å². The van der Waals surface area contributed by atoms with Gasteiger partial charge in [-0.3, -0.25) is 9.80 Å². The molecule has 0 bridgehead atoms. The lowest BCUT2D eigenvalue weighted by atomic mass is 9.74. The number of alkyl halides is 3. The number of morpholine rings is 1. The van der Waals surface area contributed by atoms with Gasteiger partial charge in [-0.05, 0) is 24.5 Å². The minimum absolute atomic E-state index is 0.0350. The van der Waals surface area contributed by atoms with Crippen LogP contribution in [0.5, 0.6) is 0 Å². The maximum Gasteiger partial charge on any atom is 0.416 e. The lowest BCUT2D eigenvalue weighted by Crippen LogP contribution is -2.52. The van der Waals surface area contributed by atoms with Gasteiger partial charge < -0.3 is 10.5 Å². The number of rotatable bonds is 2. The molecule has 0 radical (unpaired) electrons. The molecular formula is C21H21F3N4O2. The second-order valence-corrected chi connectivity index (χ2v) is 7.44. The first-order valence-electron chi connectivity index (χ1n) is 9.79. The van der Waals surface area contributed by atoms with E-state index in [0.717, 1.165) is 6.07 Å². The molecule has 1 atom stereocenters. The van der Waals surface area contributed by atoms with Crippen molar-refractivity contribution < 1.29 is 22.7 Å². The Kier molecular flexibility index (Phi) is 5.30. The molecule has 158 valence electrons. The van der Waals surface area contributed by atoms with Crippen LogP contribution in [0.3, 0.4) is 0 Å². The molecule has 1 saturated heterocycles. The number of carbonyl (C=O) groups is 1. The van der Waals surface area contributed by atoms with E-state index in [1.54, 1.807) is 5.01 Å². The summed E-state index contributed by atoms with van der Waals surface area (Å²) < 4.78 is 46.7. The highest BCUT2D eigenvalue weighted by Crippen LogP contribution is 2.48. The topological polar surface area (TPSA) is 82.6 Å². The normalized spacial score (nSPS) is 23.5. The summed E-state index contributed by atoms with van der Waals surface area (Å²) in [5.74, 6) is -1.29. The lowest BCUT2D eigenvalue weighted by molar-refractivity contribution is -0.138. The summed E-state index contributed by atoms with van der Waals surface area (Å²) in [7, 11) is 0. The third-order valence-electron chi connectivity index (χ3n) is 5.73. The van der Waals surface area contributed by atoms with Crippen molar-refractivity contribution in [2.24, 2.45) is 5.73 Å². The highest BCUT2D eigenvalue weighted by molar-refractivity contribution is 5.99. The number of nitriles is 1. The van der Waals surface area contributed by atoms with E-state index < -0.39 is 17.7 Å². The minimum Gasteiger partial charge on any atom is -0.383 e. The maximum atomic E-state index is 13.8. The van der Waals surface area contributed by atoms with Gasteiger partial charge in [0, 0.05) is 30.8 Å². The quantitative estimate of drug-likeness (QED) is 0.795. The molecule has 0 saturated carbocycles. The Morgan fingerprint density at radius 3 is 2.53 bits per heavy atom. The van der Waals surface area contributed by atoms with Crippen LogP contribution in [-0.4, -0.2) is 42.1 Å². The molecule has 1 aromatic rings. The number of Topliss-reactive ketones (excluding diaryl/α,β-unsaturated/α-hetero) is 1. The minimum atomic E-state index is -4.62. The third-order valence-corrected chi connectivity index (χ3v) is 5.73. The molecule has 30 heavy (non-hydrogen) atoms. The molecule has 4 rings (SSSR count). The smallest absolute Gasteiger partial charge is 0.383 e. The first kappa shape index (κ1) is 20.4. The zero-order valence-electron chi connectivity index (χ0n) is 16.2. The van der Waals surface area contributed by atoms with Crippen molar-refractivity contribution in [2.75, 3.05) is 26.3 Å². The van der Waals surface area contributed by atoms with Crippen molar-refractivity contribution in [3.8, 4) is 6.07 Å². The number of allylic oxidation sites excluding steroid dienone is 3. The molecule has 0 unspecified atom stereocenters. The van der Waals surface area contributed by atoms with Crippen LogP contribution in [0.4, 0.5) is 13.2 Å². The van der Waals surface area contributed by atoms with Crippen molar-refractivity contribution >= 4 is 5.78 Å². The van der Waals surface area contributed by atoms with Gasteiger partial charge in [0.25, 0.3) is 0 Å². The first-order chi connectivity index (χ1) is 14.3. The van der Waals surface area contributed by atoms with E-state index >= 15 is 0 Å². The SMILES string of the molecule is N#CC1=C(N)N(N2CCOCC2)C2=C(C(=O)CCC2)[C@H]1c1ccccc1C(F)(F)F. The van der Waals surface area contributed by atoms with E-state index in [0.29, 0.717) is 44.8 Å². The fourth-order valence-corrected chi connectivity index (χ4v) is 4.46. The summed E-state index contributed by atoms with van der Waals surface area (Å²) in [4.78, 5) is 13.0. The van der Waals surface area contributed by atoms with E-state index in [4.69, 9.17) is 10.5 Å². The maximum absolute atomic E-state index is 13.8. The van der Waals surface area contributed by atoms with Crippen LogP contribution in [0.15, 0.2) is 46.9 Å². The van der Waals surface area contributed by atoms with Gasteiger partial charge in [0.15, 0.2) is 5.78 Å². The number of ether oxygens (including phenoxy) is 1. The predicted octanol–water partition coefficient (Wildman–Crippen LogP) is 3.05. The van der Waals surface area contributed by atoms with Crippen molar-refractivity contribution in [1.29, 1.82) is 5.26 Å². The molecule has 2 heterocycles. The monoisotopic (exact) mass is 418 g/mol. The van der Waals surface area contributed by atoms with Crippen LogP contribution in [0.2, 0.25) is 0 Å². The number of hydrazine groups is 1. The van der Waals surface area contributed by atoms with Crippen LogP contribution >= 0.6 is 0 Å². The van der Waals surface area contributed by atoms with Gasteiger partial charge in [0.2, 0.25) is 0 Å². The highest BCUT2D eigenvalue weighted by Gasteiger charge is 2.45. The summed E-state index contributed by atoms with van der Waals surface area (Å²) >= 11 is 0. The number of hydrogen-bond donors (Lipinski definition) is 1.